The third kappa shape index (κ3) is 4.79. The number of likely N-dealkylation sites (tertiary alicyclic amines) is 1. The molecule has 0 aromatic heterocycles. The molecular weight excluding hydrogens is 420 g/mol. The van der Waals surface area contributed by atoms with Crippen LogP contribution < -0.4 is 4.74 Å². The number of benzene rings is 2. The SMILES string of the molecule is COc1ccc(/C(O)=C2\C(=O)C(=O)N(CCCN3CCOCC3)[C@@H]2c2ccccc2)c(C)c1. The average Bonchev–Trinajstić information content (AvgIpc) is 3.10. The summed E-state index contributed by atoms with van der Waals surface area (Å²) in [6, 6.07) is 14.0. The third-order valence-electron chi connectivity index (χ3n) is 6.32. The Hall–Kier alpha value is -3.16. The second kappa shape index (κ2) is 10.2. The van der Waals surface area contributed by atoms with Crippen LogP contribution in [0.5, 0.6) is 5.75 Å². The lowest BCUT2D eigenvalue weighted by molar-refractivity contribution is -0.140. The Balaban J connectivity index is 1.67. The number of ether oxygens (including phenoxy) is 2. The number of hydrogen-bond acceptors (Lipinski definition) is 6. The van der Waals surface area contributed by atoms with E-state index in [4.69, 9.17) is 9.47 Å². The normalized spacial score (nSPS) is 20.9. The molecule has 0 aliphatic carbocycles. The molecule has 2 aliphatic rings. The molecule has 4 rings (SSSR count). The highest BCUT2D eigenvalue weighted by Crippen LogP contribution is 2.40. The number of morpholine rings is 1. The van der Waals surface area contributed by atoms with Gasteiger partial charge in [-0.1, -0.05) is 30.3 Å². The van der Waals surface area contributed by atoms with Gasteiger partial charge in [-0.2, -0.15) is 0 Å². The molecule has 2 heterocycles. The zero-order chi connectivity index (χ0) is 23.4. The van der Waals surface area contributed by atoms with Crippen molar-refractivity contribution in [2.75, 3.05) is 46.5 Å². The second-order valence-corrected chi connectivity index (χ2v) is 8.39. The van der Waals surface area contributed by atoms with E-state index in [9.17, 15) is 14.7 Å². The molecule has 0 spiro atoms. The number of aliphatic hydroxyl groups excluding tert-OH is 1. The highest BCUT2D eigenvalue weighted by molar-refractivity contribution is 6.46. The summed E-state index contributed by atoms with van der Waals surface area (Å²) in [5, 5.41) is 11.2. The maximum atomic E-state index is 13.2. The topological polar surface area (TPSA) is 79.3 Å². The van der Waals surface area contributed by atoms with E-state index in [1.165, 1.54) is 0 Å². The highest BCUT2D eigenvalue weighted by atomic mass is 16.5. The number of aryl methyl sites for hydroxylation is 1. The number of methoxy groups -OCH3 is 1. The minimum atomic E-state index is -0.650. The third-order valence-corrected chi connectivity index (χ3v) is 6.32. The molecule has 7 nitrogen and oxygen atoms in total. The summed E-state index contributed by atoms with van der Waals surface area (Å²) < 4.78 is 10.7. The Kier molecular flexibility index (Phi) is 7.11. The minimum absolute atomic E-state index is 0.130. The van der Waals surface area contributed by atoms with Crippen LogP contribution in [0.25, 0.3) is 5.76 Å². The summed E-state index contributed by atoms with van der Waals surface area (Å²) in [5.74, 6) is -0.716. The van der Waals surface area contributed by atoms with Crippen molar-refractivity contribution in [3.05, 3.63) is 70.8 Å². The number of nitrogens with zero attached hydrogens (tertiary/aromatic N) is 2. The van der Waals surface area contributed by atoms with Crippen molar-refractivity contribution in [1.82, 2.24) is 9.80 Å². The smallest absolute Gasteiger partial charge is 0.295 e. The molecule has 2 aromatic rings. The number of hydrogen-bond donors (Lipinski definition) is 1. The van der Waals surface area contributed by atoms with Crippen molar-refractivity contribution < 1.29 is 24.2 Å². The summed E-state index contributed by atoms with van der Waals surface area (Å²) in [7, 11) is 1.58. The van der Waals surface area contributed by atoms with Gasteiger partial charge in [0.25, 0.3) is 11.7 Å². The number of carbonyl (C=O) groups excluding carboxylic acids is 2. The summed E-state index contributed by atoms with van der Waals surface area (Å²) >= 11 is 0. The average molecular weight is 451 g/mol. The van der Waals surface area contributed by atoms with Crippen molar-refractivity contribution in [2.45, 2.75) is 19.4 Å². The first kappa shape index (κ1) is 23.0. The van der Waals surface area contributed by atoms with Crippen molar-refractivity contribution >= 4 is 17.4 Å². The second-order valence-electron chi connectivity index (χ2n) is 8.39. The Labute approximate surface area is 194 Å². The van der Waals surface area contributed by atoms with Gasteiger partial charge < -0.3 is 19.5 Å². The molecule has 1 amide bonds. The first-order chi connectivity index (χ1) is 16.0. The Morgan fingerprint density at radius 2 is 1.82 bits per heavy atom. The highest BCUT2D eigenvalue weighted by Gasteiger charge is 2.45. The lowest BCUT2D eigenvalue weighted by Gasteiger charge is -2.29. The summed E-state index contributed by atoms with van der Waals surface area (Å²) in [6.07, 6.45) is 0.734. The van der Waals surface area contributed by atoms with Crippen LogP contribution >= 0.6 is 0 Å². The van der Waals surface area contributed by atoms with Gasteiger partial charge in [-0.3, -0.25) is 14.5 Å². The van der Waals surface area contributed by atoms with Gasteiger partial charge in [-0.05, 0) is 42.7 Å². The predicted molar refractivity (Wildman–Crippen MR) is 125 cm³/mol. The molecular formula is C26H30N2O5. The van der Waals surface area contributed by atoms with Crippen LogP contribution in [-0.4, -0.2) is 73.1 Å². The first-order valence-corrected chi connectivity index (χ1v) is 11.3. The zero-order valence-corrected chi connectivity index (χ0v) is 19.1. The van der Waals surface area contributed by atoms with Crippen LogP contribution in [0, 0.1) is 6.92 Å². The Morgan fingerprint density at radius 1 is 1.09 bits per heavy atom. The maximum absolute atomic E-state index is 13.2. The van der Waals surface area contributed by atoms with Crippen LogP contribution in [0.1, 0.15) is 29.2 Å². The molecule has 174 valence electrons. The van der Waals surface area contributed by atoms with E-state index in [2.05, 4.69) is 4.90 Å². The molecule has 1 N–H and O–H groups in total. The largest absolute Gasteiger partial charge is 0.507 e. The molecule has 2 aliphatic heterocycles. The molecule has 2 fully saturated rings. The van der Waals surface area contributed by atoms with E-state index in [0.29, 0.717) is 17.9 Å². The van der Waals surface area contributed by atoms with E-state index < -0.39 is 17.7 Å². The molecule has 33 heavy (non-hydrogen) atoms. The van der Waals surface area contributed by atoms with Gasteiger partial charge >= 0.3 is 0 Å². The van der Waals surface area contributed by atoms with Gasteiger partial charge in [-0.25, -0.2) is 0 Å². The number of amides is 1. The van der Waals surface area contributed by atoms with Gasteiger partial charge in [-0.15, -0.1) is 0 Å². The van der Waals surface area contributed by atoms with Gasteiger partial charge in [0.1, 0.15) is 11.5 Å². The molecule has 0 bridgehead atoms. The number of carbonyl (C=O) groups is 2. The van der Waals surface area contributed by atoms with Crippen molar-refractivity contribution in [2.24, 2.45) is 0 Å². The lowest BCUT2D eigenvalue weighted by Crippen LogP contribution is -2.38. The van der Waals surface area contributed by atoms with E-state index in [1.807, 2.05) is 37.3 Å². The molecule has 7 heteroatoms. The van der Waals surface area contributed by atoms with Crippen molar-refractivity contribution in [3.63, 3.8) is 0 Å². The standard InChI is InChI=1S/C26H30N2O5/c1-18-17-20(32-2)9-10-21(18)24(29)22-23(19-7-4-3-5-8-19)28(26(31)25(22)30)12-6-11-27-13-15-33-16-14-27/h3-5,7-10,17,23,29H,6,11-16H2,1-2H3/b24-22+/t23-/m1/s1. The van der Waals surface area contributed by atoms with E-state index in [0.717, 1.165) is 50.4 Å². The van der Waals surface area contributed by atoms with Crippen LogP contribution in [0.3, 0.4) is 0 Å². The van der Waals surface area contributed by atoms with Crippen molar-refractivity contribution in [1.29, 1.82) is 0 Å². The minimum Gasteiger partial charge on any atom is -0.507 e. The number of ketones is 1. The van der Waals surface area contributed by atoms with Gasteiger partial charge in [0.2, 0.25) is 0 Å². The molecule has 0 saturated carbocycles. The van der Waals surface area contributed by atoms with Gasteiger partial charge in [0, 0.05) is 31.7 Å². The molecule has 2 aromatic carbocycles. The zero-order valence-electron chi connectivity index (χ0n) is 19.1. The van der Waals surface area contributed by atoms with Gasteiger partial charge in [0.15, 0.2) is 0 Å². The lowest BCUT2D eigenvalue weighted by atomic mass is 9.94. The number of Topliss-reactive ketones (excluding diaryl/α,β-unsaturated/α-hetero) is 1. The Bertz CT molecular complexity index is 1040. The van der Waals surface area contributed by atoms with Crippen LogP contribution in [0.4, 0.5) is 0 Å². The Morgan fingerprint density at radius 3 is 2.48 bits per heavy atom. The van der Waals surface area contributed by atoms with Crippen molar-refractivity contribution in [3.8, 4) is 5.75 Å². The van der Waals surface area contributed by atoms with Gasteiger partial charge in [0.05, 0.1) is 31.9 Å². The van der Waals surface area contributed by atoms with E-state index in [1.54, 1.807) is 30.2 Å². The molecule has 0 unspecified atom stereocenters. The van der Waals surface area contributed by atoms with Crippen LogP contribution in [0.2, 0.25) is 0 Å². The fourth-order valence-electron chi connectivity index (χ4n) is 4.56. The molecule has 1 atom stereocenters. The first-order valence-electron chi connectivity index (χ1n) is 11.3. The predicted octanol–water partition coefficient (Wildman–Crippen LogP) is 3.15. The number of aliphatic hydroxyl groups is 1. The van der Waals surface area contributed by atoms with E-state index in [-0.39, 0.29) is 11.3 Å². The molecule has 2 saturated heterocycles. The van der Waals surface area contributed by atoms with E-state index >= 15 is 0 Å². The fraction of sp³-hybridized carbons (Fsp3) is 0.385. The summed E-state index contributed by atoms with van der Waals surface area (Å²) in [5.41, 5.74) is 2.21. The summed E-state index contributed by atoms with van der Waals surface area (Å²) in [6.45, 7) is 6.28. The summed E-state index contributed by atoms with van der Waals surface area (Å²) in [4.78, 5) is 30.1. The number of rotatable bonds is 7. The quantitative estimate of drug-likeness (QED) is 0.397. The van der Waals surface area contributed by atoms with Crippen LogP contribution in [0.15, 0.2) is 54.1 Å². The fourth-order valence-corrected chi connectivity index (χ4v) is 4.56. The maximum Gasteiger partial charge on any atom is 0.295 e. The monoisotopic (exact) mass is 450 g/mol. The molecule has 0 radical (unpaired) electrons. The van der Waals surface area contributed by atoms with Crippen LogP contribution in [-0.2, 0) is 14.3 Å².